The van der Waals surface area contributed by atoms with E-state index in [1.165, 1.54) is 11.1 Å². The van der Waals surface area contributed by atoms with E-state index < -0.39 is 0 Å². The summed E-state index contributed by atoms with van der Waals surface area (Å²) in [6.07, 6.45) is 1.72. The first-order chi connectivity index (χ1) is 12.3. The van der Waals surface area contributed by atoms with Gasteiger partial charge in [0.05, 0.1) is 6.04 Å². The summed E-state index contributed by atoms with van der Waals surface area (Å²) in [5.41, 5.74) is 3.61. The Morgan fingerprint density at radius 1 is 1.12 bits per heavy atom. The zero-order valence-corrected chi connectivity index (χ0v) is 16.8. The van der Waals surface area contributed by atoms with Crippen molar-refractivity contribution < 1.29 is 4.74 Å². The zero-order valence-electron chi connectivity index (χ0n) is 16.0. The molecule has 3 nitrogen and oxygen atoms in total. The van der Waals surface area contributed by atoms with Gasteiger partial charge in [0.15, 0.2) is 5.11 Å². The van der Waals surface area contributed by atoms with Crippen LogP contribution in [-0.4, -0.2) is 11.7 Å². The van der Waals surface area contributed by atoms with E-state index in [0.717, 1.165) is 11.4 Å². The zero-order chi connectivity index (χ0) is 19.2. The average molecular weight is 369 g/mol. The lowest BCUT2D eigenvalue weighted by atomic mass is 9.86. The molecule has 0 fully saturated rings. The second-order valence-corrected chi connectivity index (χ2v) is 7.72. The molecule has 2 aromatic rings. The fraction of sp³-hybridized carbons (Fsp3) is 0.318. The van der Waals surface area contributed by atoms with Crippen LogP contribution in [-0.2, 0) is 5.41 Å². The monoisotopic (exact) mass is 368 g/mol. The Kier molecular flexibility index (Phi) is 6.81. The number of ether oxygens (including phenoxy) is 1. The van der Waals surface area contributed by atoms with E-state index in [2.05, 4.69) is 69.2 Å². The molecule has 138 valence electrons. The van der Waals surface area contributed by atoms with Crippen molar-refractivity contribution in [3.05, 3.63) is 72.3 Å². The number of hydrogen-bond donors (Lipinski definition) is 2. The Hall–Kier alpha value is -2.33. The second-order valence-electron chi connectivity index (χ2n) is 7.32. The van der Waals surface area contributed by atoms with Crippen LogP contribution in [0.2, 0.25) is 0 Å². The Labute approximate surface area is 162 Å². The van der Waals surface area contributed by atoms with E-state index in [-0.39, 0.29) is 11.5 Å². The molecule has 0 aliphatic heterocycles. The Balaban J connectivity index is 1.91. The van der Waals surface area contributed by atoms with Crippen LogP contribution in [0.4, 0.5) is 5.69 Å². The van der Waals surface area contributed by atoms with Crippen LogP contribution >= 0.6 is 12.2 Å². The van der Waals surface area contributed by atoms with E-state index in [1.54, 1.807) is 6.08 Å². The quantitative estimate of drug-likeness (QED) is 0.514. The summed E-state index contributed by atoms with van der Waals surface area (Å²) in [6, 6.07) is 16.5. The minimum Gasteiger partial charge on any atom is -0.490 e. The van der Waals surface area contributed by atoms with Crippen LogP contribution in [0.5, 0.6) is 5.75 Å². The minimum atomic E-state index is 0.124. The molecule has 2 aromatic carbocycles. The molecule has 0 amide bonds. The van der Waals surface area contributed by atoms with Crippen molar-refractivity contribution in [1.82, 2.24) is 5.32 Å². The first kappa shape index (κ1) is 20.0. The molecule has 0 aliphatic carbocycles. The van der Waals surface area contributed by atoms with Crippen LogP contribution in [0.1, 0.15) is 44.9 Å². The molecule has 0 unspecified atom stereocenters. The summed E-state index contributed by atoms with van der Waals surface area (Å²) in [6.45, 7) is 12.9. The maximum absolute atomic E-state index is 5.48. The standard InChI is InChI=1S/C22H28N2OS/c1-6-15-25-20-13-11-19(12-14-20)24-21(26)23-16(2)17-7-9-18(10-8-17)22(3,4)5/h6-14,16H,1,15H2,2-5H3,(H2,23,24,26)/t16-/m0/s1. The number of rotatable bonds is 6. The third kappa shape index (κ3) is 5.88. The first-order valence-electron chi connectivity index (χ1n) is 8.81. The third-order valence-corrected chi connectivity index (χ3v) is 4.32. The molecule has 2 rings (SSSR count). The van der Waals surface area contributed by atoms with Crippen LogP contribution in [0.25, 0.3) is 0 Å². The molecule has 0 saturated carbocycles. The largest absolute Gasteiger partial charge is 0.490 e. The molecule has 0 bridgehead atoms. The van der Waals surface area contributed by atoms with E-state index in [1.807, 2.05) is 24.3 Å². The maximum atomic E-state index is 5.48. The van der Waals surface area contributed by atoms with Gasteiger partial charge in [-0.25, -0.2) is 0 Å². The van der Waals surface area contributed by atoms with Crippen LogP contribution < -0.4 is 15.4 Å². The predicted molar refractivity (Wildman–Crippen MR) is 115 cm³/mol. The molecule has 0 heterocycles. The highest BCUT2D eigenvalue weighted by molar-refractivity contribution is 7.80. The van der Waals surface area contributed by atoms with Gasteiger partial charge in [-0.3, -0.25) is 0 Å². The van der Waals surface area contributed by atoms with Crippen LogP contribution in [0.15, 0.2) is 61.2 Å². The fourth-order valence-corrected chi connectivity index (χ4v) is 2.80. The number of thiocarbonyl (C=S) groups is 1. The molecule has 2 N–H and O–H groups in total. The van der Waals surface area contributed by atoms with Crippen molar-refractivity contribution >= 4 is 23.0 Å². The molecule has 1 atom stereocenters. The van der Waals surface area contributed by atoms with Gasteiger partial charge >= 0.3 is 0 Å². The summed E-state index contributed by atoms with van der Waals surface area (Å²) in [4.78, 5) is 0. The van der Waals surface area contributed by atoms with Gasteiger partial charge in [0, 0.05) is 5.69 Å². The average Bonchev–Trinajstić information content (AvgIpc) is 2.60. The number of nitrogens with one attached hydrogen (secondary N) is 2. The van der Waals surface area contributed by atoms with Crippen molar-refractivity contribution in [3.63, 3.8) is 0 Å². The SMILES string of the molecule is C=CCOc1ccc(NC(=S)N[C@@H](C)c2ccc(C(C)(C)C)cc2)cc1. The second kappa shape index (κ2) is 8.86. The molecular formula is C22H28N2OS. The van der Waals surface area contributed by atoms with Gasteiger partial charge in [-0.15, -0.1) is 0 Å². The van der Waals surface area contributed by atoms with Gasteiger partial charge in [0.25, 0.3) is 0 Å². The van der Waals surface area contributed by atoms with Gasteiger partial charge in [0.1, 0.15) is 12.4 Å². The van der Waals surface area contributed by atoms with Gasteiger partial charge in [-0.05, 0) is 59.9 Å². The third-order valence-electron chi connectivity index (χ3n) is 4.10. The Morgan fingerprint density at radius 3 is 2.27 bits per heavy atom. The number of benzene rings is 2. The van der Waals surface area contributed by atoms with Crippen molar-refractivity contribution in [2.75, 3.05) is 11.9 Å². The maximum Gasteiger partial charge on any atom is 0.171 e. The summed E-state index contributed by atoms with van der Waals surface area (Å²) in [7, 11) is 0. The fourth-order valence-electron chi connectivity index (χ4n) is 2.51. The highest BCUT2D eigenvalue weighted by atomic mass is 32.1. The Bertz CT molecular complexity index is 730. The lowest BCUT2D eigenvalue weighted by Crippen LogP contribution is -2.30. The predicted octanol–water partition coefficient (Wildman–Crippen LogP) is 5.60. The summed E-state index contributed by atoms with van der Waals surface area (Å²) in [5, 5.41) is 7.13. The smallest absolute Gasteiger partial charge is 0.171 e. The van der Waals surface area contributed by atoms with Crippen molar-refractivity contribution in [2.45, 2.75) is 39.2 Å². The van der Waals surface area contributed by atoms with Gasteiger partial charge in [-0.2, -0.15) is 0 Å². The molecule has 26 heavy (non-hydrogen) atoms. The molecule has 0 aliphatic rings. The molecule has 0 spiro atoms. The molecule has 0 saturated heterocycles. The summed E-state index contributed by atoms with van der Waals surface area (Å²) < 4.78 is 5.48. The van der Waals surface area contributed by atoms with Gasteiger partial charge < -0.3 is 15.4 Å². The van der Waals surface area contributed by atoms with E-state index in [0.29, 0.717) is 11.7 Å². The summed E-state index contributed by atoms with van der Waals surface area (Å²) >= 11 is 5.43. The molecule has 0 aromatic heterocycles. The molecular weight excluding hydrogens is 340 g/mol. The van der Waals surface area contributed by atoms with Crippen molar-refractivity contribution in [3.8, 4) is 5.75 Å². The van der Waals surface area contributed by atoms with Crippen molar-refractivity contribution in [1.29, 1.82) is 0 Å². The van der Waals surface area contributed by atoms with Crippen LogP contribution in [0, 0.1) is 0 Å². The summed E-state index contributed by atoms with van der Waals surface area (Å²) in [5.74, 6) is 0.807. The highest BCUT2D eigenvalue weighted by Crippen LogP contribution is 2.24. The van der Waals surface area contributed by atoms with E-state index in [9.17, 15) is 0 Å². The number of anilines is 1. The van der Waals surface area contributed by atoms with Gasteiger partial charge in [-0.1, -0.05) is 57.7 Å². The van der Waals surface area contributed by atoms with Gasteiger partial charge in [0.2, 0.25) is 0 Å². The highest BCUT2D eigenvalue weighted by Gasteiger charge is 2.14. The minimum absolute atomic E-state index is 0.124. The lowest BCUT2D eigenvalue weighted by Gasteiger charge is -2.21. The van der Waals surface area contributed by atoms with Crippen LogP contribution in [0.3, 0.4) is 0 Å². The lowest BCUT2D eigenvalue weighted by molar-refractivity contribution is 0.363. The molecule has 0 radical (unpaired) electrons. The van der Waals surface area contributed by atoms with E-state index in [4.69, 9.17) is 17.0 Å². The normalized spacial score (nSPS) is 12.2. The molecule has 4 heteroatoms. The van der Waals surface area contributed by atoms with Crippen molar-refractivity contribution in [2.24, 2.45) is 0 Å². The topological polar surface area (TPSA) is 33.3 Å². The van der Waals surface area contributed by atoms with E-state index >= 15 is 0 Å². The first-order valence-corrected chi connectivity index (χ1v) is 9.22. The number of hydrogen-bond acceptors (Lipinski definition) is 2. The Morgan fingerprint density at radius 2 is 1.73 bits per heavy atom.